The number of aromatic nitrogens is 3. The van der Waals surface area contributed by atoms with Gasteiger partial charge in [-0.2, -0.15) is 0 Å². The van der Waals surface area contributed by atoms with E-state index in [0.29, 0.717) is 6.61 Å². The van der Waals surface area contributed by atoms with Crippen LogP contribution in [0.4, 0.5) is 0 Å². The summed E-state index contributed by atoms with van der Waals surface area (Å²) in [5.41, 5.74) is 4.73. The number of hydrogen-bond acceptors (Lipinski definition) is 3. The van der Waals surface area contributed by atoms with Crippen LogP contribution in [0.2, 0.25) is 0 Å². The van der Waals surface area contributed by atoms with Crippen molar-refractivity contribution < 1.29 is 4.74 Å². The minimum absolute atomic E-state index is 0.487. The highest BCUT2D eigenvalue weighted by Gasteiger charge is 2.12. The van der Waals surface area contributed by atoms with E-state index >= 15 is 0 Å². The lowest BCUT2D eigenvalue weighted by atomic mass is 10.1. The van der Waals surface area contributed by atoms with Crippen LogP contribution >= 0.6 is 0 Å². The van der Waals surface area contributed by atoms with Gasteiger partial charge in [-0.1, -0.05) is 42.5 Å². The standard InChI is InChI=1S/C23H19N3O/c1-2-26-18(14-22-23(26)25-21-10-6-5-9-20(21)24-22)15-27-19-12-11-16-7-3-4-8-17(16)13-19/h3-14H,2,15H2,1H3. The summed E-state index contributed by atoms with van der Waals surface area (Å²) in [5, 5.41) is 2.40. The summed E-state index contributed by atoms with van der Waals surface area (Å²) in [6.07, 6.45) is 0. The van der Waals surface area contributed by atoms with Crippen molar-refractivity contribution in [2.24, 2.45) is 0 Å². The Morgan fingerprint density at radius 3 is 2.33 bits per heavy atom. The quantitative estimate of drug-likeness (QED) is 0.438. The van der Waals surface area contributed by atoms with E-state index in [1.807, 2.05) is 42.5 Å². The van der Waals surface area contributed by atoms with E-state index in [9.17, 15) is 0 Å². The van der Waals surface area contributed by atoms with Crippen molar-refractivity contribution in [2.45, 2.75) is 20.1 Å². The van der Waals surface area contributed by atoms with E-state index in [1.54, 1.807) is 0 Å². The molecule has 0 radical (unpaired) electrons. The molecule has 0 aliphatic carbocycles. The molecule has 4 heteroatoms. The van der Waals surface area contributed by atoms with Crippen molar-refractivity contribution in [1.82, 2.24) is 14.5 Å². The molecule has 132 valence electrons. The SMILES string of the molecule is CCn1c(COc2ccc3ccccc3c2)cc2nc3ccccc3nc21. The third-order valence-corrected chi connectivity index (χ3v) is 4.91. The summed E-state index contributed by atoms with van der Waals surface area (Å²) in [6.45, 7) is 3.43. The maximum Gasteiger partial charge on any atom is 0.159 e. The van der Waals surface area contributed by atoms with E-state index < -0.39 is 0 Å². The van der Waals surface area contributed by atoms with Gasteiger partial charge in [0, 0.05) is 6.54 Å². The Morgan fingerprint density at radius 2 is 1.52 bits per heavy atom. The zero-order valence-electron chi connectivity index (χ0n) is 15.1. The van der Waals surface area contributed by atoms with Crippen LogP contribution < -0.4 is 4.74 Å². The number of ether oxygens (including phenoxy) is 1. The van der Waals surface area contributed by atoms with Crippen LogP contribution in [0.1, 0.15) is 12.6 Å². The van der Waals surface area contributed by atoms with E-state index in [1.165, 1.54) is 10.8 Å². The summed E-state index contributed by atoms with van der Waals surface area (Å²) in [4.78, 5) is 9.57. The third kappa shape index (κ3) is 2.79. The van der Waals surface area contributed by atoms with Gasteiger partial charge in [-0.25, -0.2) is 9.97 Å². The molecule has 2 aromatic heterocycles. The van der Waals surface area contributed by atoms with Crippen LogP contribution in [0.15, 0.2) is 72.8 Å². The molecule has 5 aromatic rings. The van der Waals surface area contributed by atoms with E-state index in [4.69, 9.17) is 14.7 Å². The molecule has 3 aromatic carbocycles. The Balaban J connectivity index is 1.50. The first-order chi connectivity index (χ1) is 13.3. The highest BCUT2D eigenvalue weighted by Crippen LogP contribution is 2.24. The van der Waals surface area contributed by atoms with Crippen LogP contribution in [-0.4, -0.2) is 14.5 Å². The molecule has 4 nitrogen and oxygen atoms in total. The van der Waals surface area contributed by atoms with Gasteiger partial charge in [-0.3, -0.25) is 0 Å². The van der Waals surface area contributed by atoms with Crippen molar-refractivity contribution >= 4 is 33.0 Å². The summed E-state index contributed by atoms with van der Waals surface area (Å²) < 4.78 is 8.27. The molecule has 0 aliphatic heterocycles. The number of fused-ring (bicyclic) bond motifs is 3. The van der Waals surface area contributed by atoms with E-state index in [2.05, 4.69) is 41.8 Å². The number of para-hydroxylation sites is 2. The molecule has 0 N–H and O–H groups in total. The van der Waals surface area contributed by atoms with Gasteiger partial charge in [-0.15, -0.1) is 0 Å². The Bertz CT molecular complexity index is 1270. The maximum absolute atomic E-state index is 6.09. The van der Waals surface area contributed by atoms with Gasteiger partial charge in [-0.05, 0) is 48.0 Å². The fourth-order valence-electron chi connectivity index (χ4n) is 3.56. The van der Waals surface area contributed by atoms with Crippen LogP contribution in [0, 0.1) is 0 Å². The smallest absolute Gasteiger partial charge is 0.159 e. The topological polar surface area (TPSA) is 39.9 Å². The molecule has 27 heavy (non-hydrogen) atoms. The van der Waals surface area contributed by atoms with E-state index in [-0.39, 0.29) is 0 Å². The number of benzene rings is 3. The molecule has 5 rings (SSSR count). The van der Waals surface area contributed by atoms with Gasteiger partial charge in [0.1, 0.15) is 17.9 Å². The van der Waals surface area contributed by atoms with Gasteiger partial charge in [0.15, 0.2) is 5.65 Å². The molecular formula is C23H19N3O. The second kappa shape index (κ2) is 6.40. The maximum atomic E-state index is 6.09. The van der Waals surface area contributed by atoms with Gasteiger partial charge in [0.25, 0.3) is 0 Å². The van der Waals surface area contributed by atoms with Crippen molar-refractivity contribution in [3.63, 3.8) is 0 Å². The molecule has 0 amide bonds. The van der Waals surface area contributed by atoms with Crippen LogP contribution in [0.25, 0.3) is 33.0 Å². The largest absolute Gasteiger partial charge is 0.487 e. The molecule has 0 saturated heterocycles. The number of rotatable bonds is 4. The Morgan fingerprint density at radius 1 is 0.778 bits per heavy atom. The van der Waals surface area contributed by atoms with Crippen LogP contribution in [0.3, 0.4) is 0 Å². The fraction of sp³-hybridized carbons (Fsp3) is 0.130. The normalized spacial score (nSPS) is 11.4. The van der Waals surface area contributed by atoms with E-state index in [0.717, 1.165) is 40.2 Å². The molecule has 2 heterocycles. The van der Waals surface area contributed by atoms with Crippen molar-refractivity contribution in [2.75, 3.05) is 0 Å². The number of nitrogens with zero attached hydrogens (tertiary/aromatic N) is 3. The number of aryl methyl sites for hydroxylation is 1. The molecule has 0 bridgehead atoms. The predicted octanol–water partition coefficient (Wildman–Crippen LogP) is 5.34. The summed E-state index contributed by atoms with van der Waals surface area (Å²) >= 11 is 0. The summed E-state index contributed by atoms with van der Waals surface area (Å²) in [5.74, 6) is 0.868. The molecule has 0 saturated carbocycles. The Kier molecular flexibility index (Phi) is 3.75. The van der Waals surface area contributed by atoms with Crippen LogP contribution in [0.5, 0.6) is 5.75 Å². The van der Waals surface area contributed by atoms with Crippen molar-refractivity contribution in [3.8, 4) is 5.75 Å². The average molecular weight is 353 g/mol. The Hall–Kier alpha value is -3.40. The van der Waals surface area contributed by atoms with Crippen molar-refractivity contribution in [3.05, 3.63) is 78.5 Å². The van der Waals surface area contributed by atoms with Crippen molar-refractivity contribution in [1.29, 1.82) is 0 Å². The minimum atomic E-state index is 0.487. The molecule has 0 atom stereocenters. The second-order valence-corrected chi connectivity index (χ2v) is 6.60. The average Bonchev–Trinajstić information content (AvgIpc) is 3.06. The van der Waals surface area contributed by atoms with Crippen LogP contribution in [-0.2, 0) is 13.2 Å². The highest BCUT2D eigenvalue weighted by molar-refractivity contribution is 5.85. The minimum Gasteiger partial charge on any atom is -0.487 e. The highest BCUT2D eigenvalue weighted by atomic mass is 16.5. The lowest BCUT2D eigenvalue weighted by molar-refractivity contribution is 0.296. The molecule has 0 fully saturated rings. The van der Waals surface area contributed by atoms with Gasteiger partial charge in [0.2, 0.25) is 0 Å². The first-order valence-corrected chi connectivity index (χ1v) is 9.18. The summed E-state index contributed by atoms with van der Waals surface area (Å²) in [7, 11) is 0. The number of hydrogen-bond donors (Lipinski definition) is 0. The first kappa shape index (κ1) is 15.8. The third-order valence-electron chi connectivity index (χ3n) is 4.91. The lowest BCUT2D eigenvalue weighted by Gasteiger charge is -2.10. The lowest BCUT2D eigenvalue weighted by Crippen LogP contribution is -2.05. The summed E-state index contributed by atoms with van der Waals surface area (Å²) in [6, 6.07) is 24.6. The fourth-order valence-corrected chi connectivity index (χ4v) is 3.56. The predicted molar refractivity (Wildman–Crippen MR) is 109 cm³/mol. The first-order valence-electron chi connectivity index (χ1n) is 9.18. The second-order valence-electron chi connectivity index (χ2n) is 6.60. The van der Waals surface area contributed by atoms with Gasteiger partial charge >= 0.3 is 0 Å². The molecule has 0 aliphatic rings. The molecular weight excluding hydrogens is 334 g/mol. The zero-order chi connectivity index (χ0) is 18.2. The monoisotopic (exact) mass is 353 g/mol. The van der Waals surface area contributed by atoms with Gasteiger partial charge < -0.3 is 9.30 Å². The molecule has 0 unspecified atom stereocenters. The van der Waals surface area contributed by atoms with Gasteiger partial charge in [0.05, 0.1) is 16.7 Å². The zero-order valence-corrected chi connectivity index (χ0v) is 15.1. The molecule has 0 spiro atoms. The Labute approximate surface area is 157 Å².